The molecule has 0 aliphatic heterocycles. The fraction of sp³-hybridized carbons (Fsp3) is 0.320. The number of halogens is 1. The Morgan fingerprint density at radius 1 is 1.12 bits per heavy atom. The normalized spacial score (nSPS) is 11.3. The van der Waals surface area contributed by atoms with Crippen molar-refractivity contribution in [2.75, 3.05) is 0 Å². The van der Waals surface area contributed by atoms with Gasteiger partial charge < -0.3 is 4.74 Å². The molecule has 0 spiro atoms. The topological polar surface area (TPSA) is 82.8 Å². The summed E-state index contributed by atoms with van der Waals surface area (Å²) in [6.07, 6.45) is 1.82. The molecule has 0 saturated carbocycles. The van der Waals surface area contributed by atoms with Gasteiger partial charge in [-0.25, -0.2) is 15.0 Å². The van der Waals surface area contributed by atoms with E-state index < -0.39 is 0 Å². The highest BCUT2D eigenvalue weighted by atomic mass is 35.5. The summed E-state index contributed by atoms with van der Waals surface area (Å²) in [5, 5.41) is 3.34. The minimum Gasteiger partial charge on any atom is -0.471 e. The largest absolute Gasteiger partial charge is 0.471 e. The molecule has 4 aromatic rings. The molecule has 0 aliphatic rings. The van der Waals surface area contributed by atoms with E-state index in [1.807, 2.05) is 37.6 Å². The van der Waals surface area contributed by atoms with Crippen molar-refractivity contribution >= 4 is 22.9 Å². The number of benzene rings is 1. The molecule has 0 N–H and O–H groups in total. The fourth-order valence-electron chi connectivity index (χ4n) is 3.59. The Kier molecular flexibility index (Phi) is 6.81. The first kappa shape index (κ1) is 24.0. The van der Waals surface area contributed by atoms with E-state index in [0.29, 0.717) is 28.0 Å². The monoisotopic (exact) mass is 495 g/mol. The minimum absolute atomic E-state index is 0.198. The Morgan fingerprint density at radius 3 is 2.56 bits per heavy atom. The lowest BCUT2D eigenvalue weighted by molar-refractivity contribution is 0.285. The van der Waals surface area contributed by atoms with E-state index in [4.69, 9.17) is 21.3 Å². The molecule has 0 amide bonds. The van der Waals surface area contributed by atoms with Gasteiger partial charge in [0.1, 0.15) is 18.3 Å². The van der Waals surface area contributed by atoms with Crippen LogP contribution in [0.4, 0.5) is 0 Å². The predicted molar refractivity (Wildman–Crippen MR) is 135 cm³/mol. The molecule has 0 saturated heterocycles. The van der Waals surface area contributed by atoms with Crippen molar-refractivity contribution in [3.8, 4) is 22.8 Å². The van der Waals surface area contributed by atoms with Gasteiger partial charge in [-0.15, -0.1) is 11.3 Å². The number of hydrogen-bond donors (Lipinski definition) is 0. The van der Waals surface area contributed by atoms with Crippen LogP contribution < -0.4 is 10.3 Å². The van der Waals surface area contributed by atoms with Gasteiger partial charge in [0.2, 0.25) is 5.88 Å². The van der Waals surface area contributed by atoms with Crippen LogP contribution in [0.1, 0.15) is 53.2 Å². The van der Waals surface area contributed by atoms with Gasteiger partial charge in [0.15, 0.2) is 0 Å². The van der Waals surface area contributed by atoms with Crippen molar-refractivity contribution in [3.05, 3.63) is 78.6 Å². The first-order valence-electron chi connectivity index (χ1n) is 10.9. The van der Waals surface area contributed by atoms with Gasteiger partial charge in [-0.05, 0) is 45.4 Å². The van der Waals surface area contributed by atoms with Crippen LogP contribution in [-0.4, -0.2) is 24.5 Å². The van der Waals surface area contributed by atoms with E-state index in [-0.39, 0.29) is 18.1 Å². The lowest BCUT2D eigenvalue weighted by Crippen LogP contribution is -2.25. The van der Waals surface area contributed by atoms with E-state index in [0.717, 1.165) is 33.3 Å². The molecule has 1 aromatic carbocycles. The molecule has 34 heavy (non-hydrogen) atoms. The lowest BCUT2D eigenvalue weighted by atomic mass is 10.1. The van der Waals surface area contributed by atoms with Crippen molar-refractivity contribution < 1.29 is 4.74 Å². The standard InChI is InChI=1S/C25H26ClN5O2S/c1-13(2)23-27-10-14(3)22(30-23)18-7-8-20(26)21(9-18)31-16(5)28-24(15(4)25(31)32)33-11-19-12-34-17(6)29-19/h7-10,12-13H,11H2,1-6H3. The van der Waals surface area contributed by atoms with Gasteiger partial charge in [0.05, 0.1) is 32.7 Å². The summed E-state index contributed by atoms with van der Waals surface area (Å²) in [5.41, 5.74) is 4.12. The maximum absolute atomic E-state index is 13.4. The molecule has 0 fully saturated rings. The summed E-state index contributed by atoms with van der Waals surface area (Å²) < 4.78 is 7.35. The average Bonchev–Trinajstić information content (AvgIpc) is 3.22. The molecule has 0 unspecified atom stereocenters. The molecular formula is C25H26ClN5O2S. The molecule has 3 aromatic heterocycles. The van der Waals surface area contributed by atoms with Crippen LogP contribution >= 0.6 is 22.9 Å². The third kappa shape index (κ3) is 4.74. The summed E-state index contributed by atoms with van der Waals surface area (Å²) in [5.74, 6) is 1.73. The second-order valence-electron chi connectivity index (χ2n) is 8.46. The molecule has 4 rings (SSSR count). The zero-order chi connectivity index (χ0) is 24.6. The summed E-state index contributed by atoms with van der Waals surface area (Å²) in [4.78, 5) is 31.5. The molecule has 176 valence electrons. The SMILES string of the molecule is Cc1nc(COc2nc(C)n(-c3cc(-c4nc(C(C)C)ncc4C)ccc3Cl)c(=O)c2C)cs1. The number of rotatable bonds is 6. The van der Waals surface area contributed by atoms with E-state index in [1.54, 1.807) is 31.3 Å². The minimum atomic E-state index is -0.238. The number of thiazole rings is 1. The van der Waals surface area contributed by atoms with Crippen molar-refractivity contribution in [1.29, 1.82) is 0 Å². The highest BCUT2D eigenvalue weighted by Crippen LogP contribution is 2.29. The Hall–Kier alpha value is -3.10. The Morgan fingerprint density at radius 2 is 1.88 bits per heavy atom. The van der Waals surface area contributed by atoms with Gasteiger partial charge in [0.25, 0.3) is 5.56 Å². The summed E-state index contributed by atoms with van der Waals surface area (Å²) in [7, 11) is 0. The summed E-state index contributed by atoms with van der Waals surface area (Å²) >= 11 is 8.11. The zero-order valence-corrected chi connectivity index (χ0v) is 21.6. The molecule has 0 bridgehead atoms. The number of aromatic nitrogens is 5. The lowest BCUT2D eigenvalue weighted by Gasteiger charge is -2.16. The van der Waals surface area contributed by atoms with Crippen LogP contribution in [0.5, 0.6) is 5.88 Å². The molecule has 0 aliphatic carbocycles. The smallest absolute Gasteiger partial charge is 0.264 e. The molecular weight excluding hydrogens is 470 g/mol. The zero-order valence-electron chi connectivity index (χ0n) is 20.0. The number of ether oxygens (including phenoxy) is 1. The van der Waals surface area contributed by atoms with Gasteiger partial charge in [-0.1, -0.05) is 31.5 Å². The maximum Gasteiger partial charge on any atom is 0.264 e. The van der Waals surface area contributed by atoms with Crippen LogP contribution in [0.25, 0.3) is 16.9 Å². The van der Waals surface area contributed by atoms with Crippen LogP contribution in [-0.2, 0) is 6.61 Å². The van der Waals surface area contributed by atoms with Gasteiger partial charge >= 0.3 is 0 Å². The fourth-order valence-corrected chi connectivity index (χ4v) is 4.38. The third-order valence-electron chi connectivity index (χ3n) is 5.42. The van der Waals surface area contributed by atoms with Crippen LogP contribution in [0.15, 0.2) is 34.6 Å². The predicted octanol–water partition coefficient (Wildman–Crippen LogP) is 5.74. The van der Waals surface area contributed by atoms with Crippen molar-refractivity contribution in [2.24, 2.45) is 0 Å². The molecule has 0 radical (unpaired) electrons. The highest BCUT2D eigenvalue weighted by Gasteiger charge is 2.18. The molecule has 3 heterocycles. The Labute approximate surface area is 207 Å². The number of nitrogens with zero attached hydrogens (tertiary/aromatic N) is 5. The van der Waals surface area contributed by atoms with Crippen molar-refractivity contribution in [1.82, 2.24) is 24.5 Å². The van der Waals surface area contributed by atoms with Crippen LogP contribution in [0, 0.1) is 27.7 Å². The second-order valence-corrected chi connectivity index (χ2v) is 9.93. The van der Waals surface area contributed by atoms with Crippen LogP contribution in [0.2, 0.25) is 5.02 Å². The van der Waals surface area contributed by atoms with E-state index in [2.05, 4.69) is 28.8 Å². The van der Waals surface area contributed by atoms with Gasteiger partial charge in [-0.2, -0.15) is 4.98 Å². The van der Waals surface area contributed by atoms with Gasteiger partial charge in [0, 0.05) is 23.1 Å². The van der Waals surface area contributed by atoms with Crippen LogP contribution in [0.3, 0.4) is 0 Å². The average molecular weight is 496 g/mol. The van der Waals surface area contributed by atoms with E-state index in [9.17, 15) is 4.79 Å². The van der Waals surface area contributed by atoms with Gasteiger partial charge in [-0.3, -0.25) is 9.36 Å². The van der Waals surface area contributed by atoms with Crippen molar-refractivity contribution in [3.63, 3.8) is 0 Å². The summed E-state index contributed by atoms with van der Waals surface area (Å²) in [6.45, 7) is 11.7. The third-order valence-corrected chi connectivity index (χ3v) is 6.56. The Bertz CT molecular complexity index is 1430. The van der Waals surface area contributed by atoms with E-state index in [1.165, 1.54) is 4.57 Å². The van der Waals surface area contributed by atoms with E-state index >= 15 is 0 Å². The Balaban J connectivity index is 1.76. The number of aryl methyl sites for hydroxylation is 3. The first-order valence-corrected chi connectivity index (χ1v) is 12.2. The number of hydrogen-bond acceptors (Lipinski definition) is 7. The molecule has 9 heteroatoms. The molecule has 0 atom stereocenters. The highest BCUT2D eigenvalue weighted by molar-refractivity contribution is 7.09. The first-order chi connectivity index (χ1) is 16.2. The quantitative estimate of drug-likeness (QED) is 0.339. The maximum atomic E-state index is 13.4. The molecule has 7 nitrogen and oxygen atoms in total. The van der Waals surface area contributed by atoms with Crippen molar-refractivity contribution in [2.45, 2.75) is 54.1 Å². The summed E-state index contributed by atoms with van der Waals surface area (Å²) in [6, 6.07) is 5.55. The second kappa shape index (κ2) is 9.64.